The Balaban J connectivity index is 2.57. The predicted molar refractivity (Wildman–Crippen MR) is 77.8 cm³/mol. The average molecular weight is 280 g/mol. The van der Waals surface area contributed by atoms with Crippen molar-refractivity contribution in [2.75, 3.05) is 0 Å². The van der Waals surface area contributed by atoms with Crippen LogP contribution in [0.15, 0.2) is 24.4 Å². The smallest absolute Gasteiger partial charge is 0.303 e. The lowest BCUT2D eigenvalue weighted by Gasteiger charge is -2.18. The highest BCUT2D eigenvalue weighted by atomic mass is 35.5. The Morgan fingerprint density at radius 2 is 2.11 bits per heavy atom. The number of carboxylic acids is 1. The first-order valence-corrected chi connectivity index (χ1v) is 6.74. The van der Waals surface area contributed by atoms with Gasteiger partial charge in [0.2, 0.25) is 0 Å². The second-order valence-electron chi connectivity index (χ2n) is 5.31. The van der Waals surface area contributed by atoms with Crippen molar-refractivity contribution in [3.05, 3.63) is 35.0 Å². The van der Waals surface area contributed by atoms with Crippen LogP contribution < -0.4 is 0 Å². The highest BCUT2D eigenvalue weighted by molar-refractivity contribution is 6.31. The molecule has 0 fully saturated rings. The summed E-state index contributed by atoms with van der Waals surface area (Å²) in [4.78, 5) is 11.1. The number of hydrogen-bond acceptors (Lipinski definition) is 1. The zero-order valence-electron chi connectivity index (χ0n) is 11.4. The molecule has 1 unspecified atom stereocenters. The molecule has 1 aromatic heterocycles. The van der Waals surface area contributed by atoms with Crippen molar-refractivity contribution in [3.63, 3.8) is 0 Å². The molecule has 0 radical (unpaired) electrons. The fourth-order valence-electron chi connectivity index (χ4n) is 2.58. The predicted octanol–water partition coefficient (Wildman–Crippen LogP) is 4.05. The molecule has 0 amide bonds. The Hall–Kier alpha value is -1.48. The van der Waals surface area contributed by atoms with E-state index in [0.717, 1.165) is 16.5 Å². The average Bonchev–Trinajstić information content (AvgIpc) is 2.63. The van der Waals surface area contributed by atoms with Crippen LogP contribution in [0.2, 0.25) is 5.02 Å². The molecule has 0 bridgehead atoms. The molecule has 0 saturated carbocycles. The van der Waals surface area contributed by atoms with Crippen LogP contribution in [-0.4, -0.2) is 15.6 Å². The second kappa shape index (κ2) is 5.25. The van der Waals surface area contributed by atoms with Crippen LogP contribution in [0.4, 0.5) is 0 Å². The van der Waals surface area contributed by atoms with Gasteiger partial charge in [-0.1, -0.05) is 31.5 Å². The van der Waals surface area contributed by atoms with Gasteiger partial charge in [-0.2, -0.15) is 0 Å². The second-order valence-corrected chi connectivity index (χ2v) is 5.74. The van der Waals surface area contributed by atoms with E-state index in [1.807, 2.05) is 36.0 Å². The van der Waals surface area contributed by atoms with Crippen molar-refractivity contribution in [2.45, 2.75) is 26.2 Å². The molecule has 1 N–H and O–H groups in total. The van der Waals surface area contributed by atoms with Crippen molar-refractivity contribution in [2.24, 2.45) is 13.0 Å². The Morgan fingerprint density at radius 1 is 1.42 bits per heavy atom. The lowest BCUT2D eigenvalue weighted by molar-refractivity contribution is -0.137. The molecule has 0 aliphatic heterocycles. The molecule has 1 aromatic carbocycles. The van der Waals surface area contributed by atoms with E-state index in [-0.39, 0.29) is 18.3 Å². The van der Waals surface area contributed by atoms with E-state index in [2.05, 4.69) is 13.8 Å². The maximum atomic E-state index is 11.1. The molecular weight excluding hydrogens is 262 g/mol. The molecule has 0 aliphatic carbocycles. The van der Waals surface area contributed by atoms with Crippen LogP contribution in [-0.2, 0) is 11.8 Å². The SMILES string of the molecule is CC(C)C(CC(=O)O)c1cn(C)c2cc(Cl)ccc12. The number of carboxylic acid groups (broad SMARTS) is 1. The van der Waals surface area contributed by atoms with Crippen molar-refractivity contribution in [1.29, 1.82) is 0 Å². The minimum absolute atomic E-state index is 0.0161. The number of aromatic nitrogens is 1. The van der Waals surface area contributed by atoms with Gasteiger partial charge in [0, 0.05) is 29.2 Å². The zero-order chi connectivity index (χ0) is 14.2. The quantitative estimate of drug-likeness (QED) is 0.917. The monoisotopic (exact) mass is 279 g/mol. The van der Waals surface area contributed by atoms with Gasteiger partial charge in [-0.15, -0.1) is 0 Å². The van der Waals surface area contributed by atoms with Crippen LogP contribution in [0.5, 0.6) is 0 Å². The molecule has 3 nitrogen and oxygen atoms in total. The molecule has 4 heteroatoms. The summed E-state index contributed by atoms with van der Waals surface area (Å²) in [5.41, 5.74) is 2.13. The lowest BCUT2D eigenvalue weighted by atomic mass is 9.85. The van der Waals surface area contributed by atoms with E-state index in [0.29, 0.717) is 5.02 Å². The third-order valence-electron chi connectivity index (χ3n) is 3.58. The van der Waals surface area contributed by atoms with Gasteiger partial charge in [0.05, 0.1) is 6.42 Å². The van der Waals surface area contributed by atoms with Gasteiger partial charge in [0.25, 0.3) is 0 Å². The molecule has 1 atom stereocenters. The Labute approximate surface area is 117 Å². The first-order chi connectivity index (χ1) is 8.90. The van der Waals surface area contributed by atoms with Gasteiger partial charge < -0.3 is 9.67 Å². The number of nitrogens with zero attached hydrogens (tertiary/aromatic N) is 1. The van der Waals surface area contributed by atoms with Gasteiger partial charge >= 0.3 is 5.97 Å². The number of carbonyl (C=O) groups is 1. The van der Waals surface area contributed by atoms with Crippen molar-refractivity contribution in [1.82, 2.24) is 4.57 Å². The number of benzene rings is 1. The summed E-state index contributed by atoms with van der Waals surface area (Å²) >= 11 is 6.02. The van der Waals surface area contributed by atoms with Gasteiger partial charge in [0.15, 0.2) is 0 Å². The molecule has 102 valence electrons. The molecule has 2 aromatic rings. The first-order valence-electron chi connectivity index (χ1n) is 6.36. The van der Waals surface area contributed by atoms with E-state index in [9.17, 15) is 4.79 Å². The summed E-state index contributed by atoms with van der Waals surface area (Å²) in [5, 5.41) is 10.9. The van der Waals surface area contributed by atoms with Crippen molar-refractivity contribution < 1.29 is 9.90 Å². The van der Waals surface area contributed by atoms with E-state index < -0.39 is 5.97 Å². The molecule has 1 heterocycles. The molecule has 0 spiro atoms. The van der Waals surface area contributed by atoms with Gasteiger partial charge in [0.1, 0.15) is 0 Å². The number of hydrogen-bond donors (Lipinski definition) is 1. The summed E-state index contributed by atoms with van der Waals surface area (Å²) in [6.07, 6.45) is 2.17. The largest absolute Gasteiger partial charge is 0.481 e. The van der Waals surface area contributed by atoms with E-state index in [1.54, 1.807) is 0 Å². The molecule has 0 saturated heterocycles. The summed E-state index contributed by atoms with van der Waals surface area (Å²) in [5.74, 6) is -0.468. The minimum atomic E-state index is -0.760. The number of halogens is 1. The number of fused-ring (bicyclic) bond motifs is 1. The Bertz CT molecular complexity index is 616. The van der Waals surface area contributed by atoms with E-state index in [1.165, 1.54) is 0 Å². The summed E-state index contributed by atoms with van der Waals surface area (Å²) in [7, 11) is 1.96. The number of aryl methyl sites for hydroxylation is 1. The normalized spacial score (nSPS) is 13.1. The standard InChI is InChI=1S/C15H18ClNO2/c1-9(2)12(7-15(18)19)13-8-17(3)14-6-10(16)4-5-11(13)14/h4-6,8-9,12H,7H2,1-3H3,(H,18,19). The third-order valence-corrected chi connectivity index (χ3v) is 3.82. The maximum Gasteiger partial charge on any atom is 0.303 e. The summed E-state index contributed by atoms with van der Waals surface area (Å²) < 4.78 is 2.01. The van der Waals surface area contributed by atoms with Crippen LogP contribution in [0.3, 0.4) is 0 Å². The van der Waals surface area contributed by atoms with Crippen molar-refractivity contribution in [3.8, 4) is 0 Å². The molecule has 2 rings (SSSR count). The fraction of sp³-hybridized carbons (Fsp3) is 0.400. The number of aliphatic carboxylic acids is 1. The Kier molecular flexibility index (Phi) is 3.85. The Morgan fingerprint density at radius 3 is 2.68 bits per heavy atom. The van der Waals surface area contributed by atoms with E-state index in [4.69, 9.17) is 16.7 Å². The highest BCUT2D eigenvalue weighted by Gasteiger charge is 2.23. The van der Waals surface area contributed by atoms with Crippen LogP contribution in [0.1, 0.15) is 31.7 Å². The summed E-state index contributed by atoms with van der Waals surface area (Å²) in [6.45, 7) is 4.12. The van der Waals surface area contributed by atoms with Gasteiger partial charge in [-0.05, 0) is 29.5 Å². The van der Waals surface area contributed by atoms with Crippen LogP contribution in [0, 0.1) is 5.92 Å². The minimum Gasteiger partial charge on any atom is -0.481 e. The highest BCUT2D eigenvalue weighted by Crippen LogP contribution is 2.35. The van der Waals surface area contributed by atoms with E-state index >= 15 is 0 Å². The van der Waals surface area contributed by atoms with Gasteiger partial charge in [-0.3, -0.25) is 4.79 Å². The first kappa shape index (κ1) is 13.9. The lowest BCUT2D eigenvalue weighted by Crippen LogP contribution is -2.11. The third kappa shape index (κ3) is 2.76. The summed E-state index contributed by atoms with van der Waals surface area (Å²) in [6, 6.07) is 5.74. The van der Waals surface area contributed by atoms with Crippen LogP contribution in [0.25, 0.3) is 10.9 Å². The van der Waals surface area contributed by atoms with Gasteiger partial charge in [-0.25, -0.2) is 0 Å². The van der Waals surface area contributed by atoms with Crippen LogP contribution >= 0.6 is 11.6 Å². The topological polar surface area (TPSA) is 42.2 Å². The molecular formula is C15H18ClNO2. The zero-order valence-corrected chi connectivity index (χ0v) is 12.1. The number of rotatable bonds is 4. The maximum absolute atomic E-state index is 11.1. The molecule has 19 heavy (non-hydrogen) atoms. The van der Waals surface area contributed by atoms with Crippen molar-refractivity contribution >= 4 is 28.5 Å². The fourth-order valence-corrected chi connectivity index (χ4v) is 2.74. The molecule has 0 aliphatic rings.